The fourth-order valence-electron chi connectivity index (χ4n) is 8.40. The molecule has 0 amide bonds. The van der Waals surface area contributed by atoms with E-state index in [9.17, 15) is 0 Å². The van der Waals surface area contributed by atoms with E-state index >= 15 is 0 Å². The summed E-state index contributed by atoms with van der Waals surface area (Å²) in [4.78, 5) is 3.89. The van der Waals surface area contributed by atoms with Crippen LogP contribution in [-0.4, -0.2) is 0 Å². The van der Waals surface area contributed by atoms with Crippen LogP contribution in [0.2, 0.25) is 0 Å². The second kappa shape index (κ2) is 11.9. The molecule has 1 aromatic heterocycles. The molecular weight excluding hydrogens is 599 g/mol. The normalized spacial score (nSPS) is 14.7. The van der Waals surface area contributed by atoms with Gasteiger partial charge in [-0.3, -0.25) is 0 Å². The van der Waals surface area contributed by atoms with Crippen LogP contribution < -0.4 is 4.90 Å². The van der Waals surface area contributed by atoms with Gasteiger partial charge in [-0.2, -0.15) is 0 Å². The van der Waals surface area contributed by atoms with E-state index in [1.165, 1.54) is 103 Å². The molecule has 0 saturated carbocycles. The number of rotatable bonds is 9. The molecule has 0 aliphatic heterocycles. The van der Waals surface area contributed by atoms with Crippen LogP contribution in [-0.2, 0) is 17.3 Å². The molecule has 2 aliphatic carbocycles. The first kappa shape index (κ1) is 30.9. The van der Waals surface area contributed by atoms with Crippen molar-refractivity contribution >= 4 is 28.4 Å². The second-order valence-corrected chi connectivity index (χ2v) is 15.7. The lowest BCUT2D eigenvalue weighted by molar-refractivity contribution is 0.660. The van der Waals surface area contributed by atoms with Crippen molar-refractivity contribution in [2.24, 2.45) is 0 Å². The minimum absolute atomic E-state index is 0.0638. The van der Waals surface area contributed by atoms with Gasteiger partial charge < -0.3 is 4.90 Å². The SMILES string of the molecule is CCCCCCc1ccsc1-c1ccc(N(c2ccc3c(c2)C(C)(C)c2ccccc2-3)c2ccc3c(c2)C(C)(C)c2ccccc2-3)cc1. The van der Waals surface area contributed by atoms with Crippen molar-refractivity contribution < 1.29 is 0 Å². The summed E-state index contributed by atoms with van der Waals surface area (Å²) in [7, 11) is 0. The van der Waals surface area contributed by atoms with Crippen LogP contribution in [0.3, 0.4) is 0 Å². The minimum Gasteiger partial charge on any atom is -0.310 e. The molecule has 240 valence electrons. The second-order valence-electron chi connectivity index (χ2n) is 14.8. The zero-order valence-corrected chi connectivity index (χ0v) is 29.8. The van der Waals surface area contributed by atoms with Crippen LogP contribution in [0.1, 0.15) is 88.1 Å². The molecule has 0 unspecified atom stereocenters. The molecule has 2 aliphatic rings. The van der Waals surface area contributed by atoms with Crippen molar-refractivity contribution in [1.29, 1.82) is 0 Å². The van der Waals surface area contributed by atoms with Crippen molar-refractivity contribution in [2.45, 2.75) is 77.6 Å². The summed E-state index contributed by atoms with van der Waals surface area (Å²) in [5, 5.41) is 2.26. The number of anilines is 3. The van der Waals surface area contributed by atoms with Crippen molar-refractivity contribution in [3.63, 3.8) is 0 Å². The van der Waals surface area contributed by atoms with Crippen LogP contribution in [0.15, 0.2) is 121 Å². The van der Waals surface area contributed by atoms with Gasteiger partial charge in [0.2, 0.25) is 0 Å². The van der Waals surface area contributed by atoms with Gasteiger partial charge in [-0.25, -0.2) is 0 Å². The summed E-state index contributed by atoms with van der Waals surface area (Å²) in [5.41, 5.74) is 17.3. The maximum atomic E-state index is 2.47. The Hall–Kier alpha value is -4.40. The zero-order valence-electron chi connectivity index (χ0n) is 28.9. The summed E-state index contributed by atoms with van der Waals surface area (Å²) in [6.07, 6.45) is 6.33. The molecule has 5 aromatic carbocycles. The molecule has 1 heterocycles. The lowest BCUT2D eigenvalue weighted by Gasteiger charge is -2.30. The summed E-state index contributed by atoms with van der Waals surface area (Å²) in [6, 6.07) is 43.8. The standard InChI is InChI=1S/C46H45NS/c1-6-7-8-9-14-31-27-28-48-44(31)32-19-21-33(22-20-32)47(34-23-25-38-36-15-10-12-17-40(36)45(2,3)42(38)29-34)35-24-26-39-37-16-11-13-18-41(37)46(4,5)43(39)30-35/h10-13,15-30H,6-9,14H2,1-5H3. The molecule has 0 fully saturated rings. The molecule has 0 bridgehead atoms. The van der Waals surface area contributed by atoms with Gasteiger partial charge in [-0.15, -0.1) is 11.3 Å². The predicted molar refractivity (Wildman–Crippen MR) is 207 cm³/mol. The largest absolute Gasteiger partial charge is 0.310 e. The van der Waals surface area contributed by atoms with E-state index < -0.39 is 0 Å². The lowest BCUT2D eigenvalue weighted by Crippen LogP contribution is -2.18. The summed E-state index contributed by atoms with van der Waals surface area (Å²) < 4.78 is 0. The maximum Gasteiger partial charge on any atom is 0.0465 e. The fraction of sp³-hybridized carbons (Fsp3) is 0.261. The number of unbranched alkanes of at least 4 members (excludes halogenated alkanes) is 3. The third-order valence-electron chi connectivity index (χ3n) is 11.1. The van der Waals surface area contributed by atoms with Crippen molar-refractivity contribution in [2.75, 3.05) is 4.90 Å². The van der Waals surface area contributed by atoms with Crippen LogP contribution in [0.25, 0.3) is 32.7 Å². The first-order valence-electron chi connectivity index (χ1n) is 17.7. The highest BCUT2D eigenvalue weighted by atomic mass is 32.1. The number of hydrogen-bond acceptors (Lipinski definition) is 2. The first-order chi connectivity index (χ1) is 23.3. The van der Waals surface area contributed by atoms with Gasteiger partial charge in [-0.05, 0) is 116 Å². The van der Waals surface area contributed by atoms with E-state index in [-0.39, 0.29) is 10.8 Å². The first-order valence-corrected chi connectivity index (χ1v) is 18.6. The molecule has 0 saturated heterocycles. The molecule has 6 aromatic rings. The third-order valence-corrected chi connectivity index (χ3v) is 12.1. The Bertz CT molecular complexity index is 2020. The van der Waals surface area contributed by atoms with Gasteiger partial charge >= 0.3 is 0 Å². The highest BCUT2D eigenvalue weighted by molar-refractivity contribution is 7.13. The van der Waals surface area contributed by atoms with Gasteiger partial charge in [0, 0.05) is 32.8 Å². The third kappa shape index (κ3) is 4.96. The van der Waals surface area contributed by atoms with Crippen LogP contribution >= 0.6 is 11.3 Å². The number of hydrogen-bond donors (Lipinski definition) is 0. The van der Waals surface area contributed by atoms with Crippen LogP contribution in [0.5, 0.6) is 0 Å². The minimum atomic E-state index is -0.0638. The Morgan fingerprint density at radius 2 is 1.04 bits per heavy atom. The van der Waals surface area contributed by atoms with Gasteiger partial charge in [0.1, 0.15) is 0 Å². The Labute approximate surface area is 290 Å². The van der Waals surface area contributed by atoms with Gasteiger partial charge in [-0.1, -0.05) is 127 Å². The topological polar surface area (TPSA) is 3.24 Å². The van der Waals surface area contributed by atoms with E-state index in [2.05, 4.69) is 160 Å². The summed E-state index contributed by atoms with van der Waals surface area (Å²) in [6.45, 7) is 11.8. The van der Waals surface area contributed by atoms with Gasteiger partial charge in [0.25, 0.3) is 0 Å². The smallest absolute Gasteiger partial charge is 0.0465 e. The quantitative estimate of drug-likeness (QED) is 0.142. The van der Waals surface area contributed by atoms with E-state index in [4.69, 9.17) is 0 Å². The van der Waals surface area contributed by atoms with Crippen LogP contribution in [0.4, 0.5) is 17.1 Å². The van der Waals surface area contributed by atoms with E-state index in [0.29, 0.717) is 0 Å². The fourth-order valence-corrected chi connectivity index (χ4v) is 9.36. The Kier molecular flexibility index (Phi) is 7.68. The maximum absolute atomic E-state index is 2.47. The molecule has 0 radical (unpaired) electrons. The van der Waals surface area contributed by atoms with Crippen LogP contribution in [0, 0.1) is 0 Å². The predicted octanol–water partition coefficient (Wildman–Crippen LogP) is 13.6. The summed E-state index contributed by atoms with van der Waals surface area (Å²) >= 11 is 1.87. The number of benzene rings is 5. The molecule has 1 nitrogen and oxygen atoms in total. The number of nitrogens with zero attached hydrogens (tertiary/aromatic N) is 1. The highest BCUT2D eigenvalue weighted by Crippen LogP contribution is 2.53. The van der Waals surface area contributed by atoms with Gasteiger partial charge in [0.05, 0.1) is 0 Å². The molecule has 0 N–H and O–H groups in total. The average molecular weight is 644 g/mol. The monoisotopic (exact) mass is 643 g/mol. The Morgan fingerprint density at radius 1 is 0.521 bits per heavy atom. The number of aryl methyl sites for hydroxylation is 1. The van der Waals surface area contributed by atoms with E-state index in [1.54, 1.807) is 0 Å². The number of thiophene rings is 1. The average Bonchev–Trinajstić information content (AvgIpc) is 3.74. The van der Waals surface area contributed by atoms with E-state index in [0.717, 1.165) is 6.42 Å². The molecule has 0 spiro atoms. The molecule has 0 atom stereocenters. The summed E-state index contributed by atoms with van der Waals surface area (Å²) in [5.74, 6) is 0. The highest BCUT2D eigenvalue weighted by Gasteiger charge is 2.37. The molecular formula is C46H45NS. The molecule has 2 heteroatoms. The Morgan fingerprint density at radius 3 is 1.60 bits per heavy atom. The van der Waals surface area contributed by atoms with Crippen molar-refractivity contribution in [3.8, 4) is 32.7 Å². The van der Waals surface area contributed by atoms with Crippen molar-refractivity contribution in [1.82, 2.24) is 0 Å². The molecule has 8 rings (SSSR count). The molecule has 48 heavy (non-hydrogen) atoms. The van der Waals surface area contributed by atoms with E-state index in [1.807, 2.05) is 11.3 Å². The zero-order chi connectivity index (χ0) is 33.0. The number of fused-ring (bicyclic) bond motifs is 6. The Balaban J connectivity index is 1.23. The van der Waals surface area contributed by atoms with Gasteiger partial charge in [0.15, 0.2) is 0 Å². The van der Waals surface area contributed by atoms with Crippen molar-refractivity contribution in [3.05, 3.63) is 148 Å². The lowest BCUT2D eigenvalue weighted by atomic mass is 9.82.